The first-order chi connectivity index (χ1) is 15.2. The molecule has 0 spiro atoms. The molecule has 5 aromatic rings. The first-order valence-electron chi connectivity index (χ1n) is 9.86. The first kappa shape index (κ1) is 18.0. The lowest BCUT2D eigenvalue weighted by Gasteiger charge is -2.11. The Morgan fingerprint density at radius 3 is 2.65 bits per heavy atom. The van der Waals surface area contributed by atoms with E-state index in [9.17, 15) is 4.79 Å². The zero-order valence-electron chi connectivity index (χ0n) is 16.3. The van der Waals surface area contributed by atoms with Gasteiger partial charge in [0, 0.05) is 24.2 Å². The van der Waals surface area contributed by atoms with Crippen LogP contribution >= 0.6 is 11.6 Å². The molecule has 0 unspecified atom stereocenters. The van der Waals surface area contributed by atoms with Crippen molar-refractivity contribution in [1.29, 1.82) is 0 Å². The quantitative estimate of drug-likeness (QED) is 0.413. The van der Waals surface area contributed by atoms with Crippen LogP contribution in [-0.4, -0.2) is 31.8 Å². The van der Waals surface area contributed by atoms with Crippen molar-refractivity contribution in [3.63, 3.8) is 0 Å². The molecular weight excluding hydrogens is 414 g/mol. The van der Waals surface area contributed by atoms with Crippen LogP contribution in [0.3, 0.4) is 0 Å². The predicted octanol–water partition coefficient (Wildman–Crippen LogP) is 4.80. The van der Waals surface area contributed by atoms with Gasteiger partial charge in [0.15, 0.2) is 11.5 Å². The van der Waals surface area contributed by atoms with Gasteiger partial charge in [-0.2, -0.15) is 5.10 Å². The van der Waals surface area contributed by atoms with E-state index < -0.39 is 0 Å². The maximum absolute atomic E-state index is 13.5. The molecule has 4 heterocycles. The third-order valence-corrected chi connectivity index (χ3v) is 5.69. The number of carbonyl (C=O) groups excluding carboxylic acids is 1. The molecule has 1 aliphatic rings. The molecule has 0 saturated carbocycles. The van der Waals surface area contributed by atoms with Gasteiger partial charge in [0.05, 0.1) is 23.0 Å². The maximum atomic E-state index is 13.5. The van der Waals surface area contributed by atoms with Crippen molar-refractivity contribution >= 4 is 34.5 Å². The van der Waals surface area contributed by atoms with E-state index in [1.54, 1.807) is 40.1 Å². The minimum Gasteiger partial charge on any atom is -0.463 e. The van der Waals surface area contributed by atoms with E-state index in [0.29, 0.717) is 41.2 Å². The number of fused-ring (bicyclic) bond motifs is 3. The number of para-hydroxylation sites is 2. The van der Waals surface area contributed by atoms with Crippen molar-refractivity contribution in [1.82, 2.24) is 19.3 Å². The fourth-order valence-electron chi connectivity index (χ4n) is 3.98. The van der Waals surface area contributed by atoms with E-state index in [2.05, 4.69) is 14.6 Å². The van der Waals surface area contributed by atoms with Gasteiger partial charge < -0.3 is 8.98 Å². The second-order valence-electron chi connectivity index (χ2n) is 7.29. The summed E-state index contributed by atoms with van der Waals surface area (Å²) in [6.07, 6.45) is 1.60. The van der Waals surface area contributed by atoms with Crippen LogP contribution in [-0.2, 0) is 6.54 Å². The summed E-state index contributed by atoms with van der Waals surface area (Å²) >= 11 is 6.04. The summed E-state index contributed by atoms with van der Waals surface area (Å²) in [7, 11) is 0. The van der Waals surface area contributed by atoms with E-state index >= 15 is 0 Å². The lowest BCUT2D eigenvalue weighted by atomic mass is 10.2. The van der Waals surface area contributed by atoms with Crippen LogP contribution in [0.15, 0.2) is 77.4 Å². The number of anilines is 1. The van der Waals surface area contributed by atoms with Crippen LogP contribution in [0.1, 0.15) is 10.5 Å². The molecule has 3 aromatic heterocycles. The Kier molecular flexibility index (Phi) is 3.97. The minimum absolute atomic E-state index is 0.199. The van der Waals surface area contributed by atoms with Crippen LogP contribution in [0.25, 0.3) is 28.2 Å². The number of rotatable bonds is 3. The fraction of sp³-hybridized carbons (Fsp3) is 0.0870. The first-order valence-corrected chi connectivity index (χ1v) is 10.2. The van der Waals surface area contributed by atoms with Gasteiger partial charge in [-0.3, -0.25) is 9.69 Å². The number of halogens is 1. The number of benzene rings is 2. The minimum atomic E-state index is -0.199. The van der Waals surface area contributed by atoms with Crippen molar-refractivity contribution in [3.8, 4) is 17.1 Å². The lowest BCUT2D eigenvalue weighted by Crippen LogP contribution is -2.29. The predicted molar refractivity (Wildman–Crippen MR) is 118 cm³/mol. The third kappa shape index (κ3) is 2.85. The molecule has 1 aliphatic heterocycles. The summed E-state index contributed by atoms with van der Waals surface area (Å²) in [5.41, 5.74) is 3.68. The molecule has 6 rings (SSSR count). The molecule has 8 heteroatoms. The Morgan fingerprint density at radius 2 is 1.84 bits per heavy atom. The number of nitrogens with zero attached hydrogens (tertiary/aromatic N) is 5. The van der Waals surface area contributed by atoms with Crippen molar-refractivity contribution in [2.45, 2.75) is 6.54 Å². The third-order valence-electron chi connectivity index (χ3n) is 5.44. The fourth-order valence-corrected chi connectivity index (χ4v) is 4.11. The topological polar surface area (TPSA) is 69.1 Å². The molecule has 7 nitrogen and oxygen atoms in total. The second-order valence-corrected chi connectivity index (χ2v) is 7.73. The number of furan rings is 1. The van der Waals surface area contributed by atoms with Crippen LogP contribution in [0, 0.1) is 0 Å². The zero-order chi connectivity index (χ0) is 20.9. The molecule has 0 atom stereocenters. The number of imidazole rings is 1. The Hall–Kier alpha value is -3.84. The van der Waals surface area contributed by atoms with Gasteiger partial charge in [0.2, 0.25) is 5.95 Å². The molecule has 31 heavy (non-hydrogen) atoms. The average Bonchev–Trinajstić information content (AvgIpc) is 3.56. The molecule has 0 bridgehead atoms. The Balaban J connectivity index is 1.44. The summed E-state index contributed by atoms with van der Waals surface area (Å²) in [6, 6.07) is 20.6. The highest BCUT2D eigenvalue weighted by atomic mass is 35.5. The lowest BCUT2D eigenvalue weighted by molar-refractivity contribution is 0.0983. The second kappa shape index (κ2) is 6.85. The van der Waals surface area contributed by atoms with Gasteiger partial charge in [-0.05, 0) is 48.5 Å². The van der Waals surface area contributed by atoms with E-state index in [0.717, 1.165) is 16.7 Å². The monoisotopic (exact) mass is 429 g/mol. The van der Waals surface area contributed by atoms with Gasteiger partial charge >= 0.3 is 0 Å². The van der Waals surface area contributed by atoms with Crippen molar-refractivity contribution in [3.05, 3.63) is 83.7 Å². The van der Waals surface area contributed by atoms with Gasteiger partial charge in [0.25, 0.3) is 5.91 Å². The van der Waals surface area contributed by atoms with Gasteiger partial charge in [-0.15, -0.1) is 0 Å². The highest BCUT2D eigenvalue weighted by Gasteiger charge is 2.31. The molecule has 0 saturated heterocycles. The standard InChI is InChI=1S/C23H16ClN5O2/c24-15-7-9-16(10-8-15)29-20(21-6-3-13-31-21)14-18(26-29)22(30)28-12-11-27-19-5-2-1-4-17(19)25-23(27)28/h1-10,13-14H,11-12H2. The average molecular weight is 430 g/mol. The summed E-state index contributed by atoms with van der Waals surface area (Å²) in [5, 5.41) is 5.25. The van der Waals surface area contributed by atoms with Gasteiger partial charge in [-0.1, -0.05) is 23.7 Å². The summed E-state index contributed by atoms with van der Waals surface area (Å²) in [4.78, 5) is 19.8. The Bertz CT molecular complexity index is 1420. The van der Waals surface area contributed by atoms with Crippen LogP contribution in [0.2, 0.25) is 5.02 Å². The van der Waals surface area contributed by atoms with E-state index in [4.69, 9.17) is 16.0 Å². The summed E-state index contributed by atoms with van der Waals surface area (Å²) in [5.74, 6) is 1.07. The van der Waals surface area contributed by atoms with Crippen molar-refractivity contribution < 1.29 is 9.21 Å². The van der Waals surface area contributed by atoms with Crippen LogP contribution in [0.5, 0.6) is 0 Å². The summed E-state index contributed by atoms with van der Waals surface area (Å²) in [6.45, 7) is 1.25. The number of aromatic nitrogens is 4. The molecular formula is C23H16ClN5O2. The number of hydrogen-bond donors (Lipinski definition) is 0. The highest BCUT2D eigenvalue weighted by Crippen LogP contribution is 2.30. The maximum Gasteiger partial charge on any atom is 0.281 e. The SMILES string of the molecule is O=C(c1cc(-c2ccco2)n(-c2ccc(Cl)cc2)n1)N1CCn2c1nc1ccccc12. The Labute approximate surface area is 182 Å². The molecule has 1 amide bonds. The van der Waals surface area contributed by atoms with E-state index in [-0.39, 0.29) is 5.91 Å². The van der Waals surface area contributed by atoms with Gasteiger partial charge in [0.1, 0.15) is 5.69 Å². The summed E-state index contributed by atoms with van der Waals surface area (Å²) < 4.78 is 9.35. The highest BCUT2D eigenvalue weighted by molar-refractivity contribution is 6.30. The number of amides is 1. The van der Waals surface area contributed by atoms with E-state index in [1.807, 2.05) is 42.5 Å². The normalized spacial score (nSPS) is 13.1. The van der Waals surface area contributed by atoms with Gasteiger partial charge in [-0.25, -0.2) is 9.67 Å². The molecule has 0 fully saturated rings. The van der Waals surface area contributed by atoms with Crippen LogP contribution in [0.4, 0.5) is 5.95 Å². The molecule has 2 aromatic carbocycles. The Morgan fingerprint density at radius 1 is 1.00 bits per heavy atom. The largest absolute Gasteiger partial charge is 0.463 e. The number of hydrogen-bond acceptors (Lipinski definition) is 4. The molecule has 0 N–H and O–H groups in total. The zero-order valence-corrected chi connectivity index (χ0v) is 17.0. The molecule has 0 radical (unpaired) electrons. The van der Waals surface area contributed by atoms with Crippen molar-refractivity contribution in [2.75, 3.05) is 11.4 Å². The smallest absolute Gasteiger partial charge is 0.281 e. The van der Waals surface area contributed by atoms with E-state index in [1.165, 1.54) is 0 Å². The number of carbonyl (C=O) groups is 1. The molecule has 152 valence electrons. The molecule has 0 aliphatic carbocycles. The van der Waals surface area contributed by atoms with Crippen LogP contribution < -0.4 is 4.90 Å². The van der Waals surface area contributed by atoms with Crippen molar-refractivity contribution in [2.24, 2.45) is 0 Å².